The van der Waals surface area contributed by atoms with Gasteiger partial charge in [0.25, 0.3) is 0 Å². The lowest BCUT2D eigenvalue weighted by Crippen LogP contribution is -2.48. The molecule has 0 spiro atoms. The van der Waals surface area contributed by atoms with E-state index in [1.807, 2.05) is 0 Å². The molecule has 12 nitrogen and oxygen atoms in total. The van der Waals surface area contributed by atoms with Gasteiger partial charge >= 0.3 is 24.5 Å². The van der Waals surface area contributed by atoms with Crippen LogP contribution in [0.1, 0.15) is 127 Å². The average Bonchev–Trinajstić information content (AvgIpc) is 3.92. The molecule has 0 N–H and O–H groups in total. The summed E-state index contributed by atoms with van der Waals surface area (Å²) in [6.45, 7) is 16.2. The first-order valence-electron chi connectivity index (χ1n) is 25.1. The van der Waals surface area contributed by atoms with E-state index < -0.39 is 69.9 Å². The van der Waals surface area contributed by atoms with Gasteiger partial charge in [-0.15, -0.1) is 0 Å². The van der Waals surface area contributed by atoms with E-state index in [2.05, 4.69) is 10.2 Å². The molecule has 4 aromatic carbocycles. The molecule has 2 fully saturated rings. The fraction of sp³-hybridized carbons (Fsp3) is 0.500. The second kappa shape index (κ2) is 22.0. The summed E-state index contributed by atoms with van der Waals surface area (Å²) in [5.41, 5.74) is -0.447. The molecule has 76 heavy (non-hydrogen) atoms. The molecule has 0 radical (unpaired) electrons. The average molecular weight is 1070 g/mol. The quantitative estimate of drug-likeness (QED) is 0.125. The smallest absolute Gasteiger partial charge is 0.416 e. The van der Waals surface area contributed by atoms with Crippen LogP contribution in [0.25, 0.3) is 21.8 Å². The van der Waals surface area contributed by atoms with Crippen LogP contribution in [0, 0.1) is 11.6 Å². The van der Waals surface area contributed by atoms with Gasteiger partial charge < -0.3 is 28.7 Å². The van der Waals surface area contributed by atoms with Crippen molar-refractivity contribution < 1.29 is 63.7 Å². The van der Waals surface area contributed by atoms with Crippen molar-refractivity contribution in [3.05, 3.63) is 130 Å². The van der Waals surface area contributed by atoms with Crippen molar-refractivity contribution in [1.29, 1.82) is 0 Å². The van der Waals surface area contributed by atoms with Crippen molar-refractivity contribution in [2.75, 3.05) is 39.4 Å². The summed E-state index contributed by atoms with van der Waals surface area (Å²) in [5.74, 6) is -0.738. The first-order chi connectivity index (χ1) is 35.3. The summed E-state index contributed by atoms with van der Waals surface area (Å²) in [6, 6.07) is 16.7. The van der Waals surface area contributed by atoms with Crippen LogP contribution in [0.5, 0.6) is 0 Å². The lowest BCUT2D eigenvalue weighted by Gasteiger charge is -2.42. The number of rotatable bonds is 10. The molecule has 2 atom stereocenters. The molecule has 2 amide bonds. The SMILES string of the molecule is CC(OCC1(c2ccc(F)cc2)CCN(C(=O)OC(C)(C)C)CC1)c1cc(C(F)(F)F)cc2cn(C)nc12.CC(OCC1(c2ccc(F)cc2)CCN(C(=O)OC(C)(C)C)CC1)c1cc(C(F)(F)F)cc2cnn(C)c12. The summed E-state index contributed by atoms with van der Waals surface area (Å²) in [7, 11) is 3.34. The number of alkyl halides is 6. The lowest BCUT2D eigenvalue weighted by atomic mass is 9.73. The highest BCUT2D eigenvalue weighted by molar-refractivity contribution is 5.84. The number of hydrogen-bond donors (Lipinski definition) is 0. The first kappa shape index (κ1) is 57.4. The predicted molar refractivity (Wildman–Crippen MR) is 270 cm³/mol. The molecule has 20 heteroatoms. The minimum absolute atomic E-state index is 0.173. The summed E-state index contributed by atoms with van der Waals surface area (Å²) >= 11 is 0. The molecule has 412 valence electrons. The molecule has 4 heterocycles. The van der Waals surface area contributed by atoms with Crippen molar-refractivity contribution in [3.63, 3.8) is 0 Å². The van der Waals surface area contributed by atoms with Crippen LogP contribution in [-0.4, -0.2) is 92.1 Å². The highest BCUT2D eigenvalue weighted by Crippen LogP contribution is 2.42. The molecule has 6 aromatic rings. The molecule has 2 aromatic heterocycles. The van der Waals surface area contributed by atoms with Crippen LogP contribution in [-0.2, 0) is 56.2 Å². The van der Waals surface area contributed by atoms with E-state index in [9.17, 15) is 44.7 Å². The number of aromatic nitrogens is 4. The molecule has 2 aliphatic heterocycles. The Balaban J connectivity index is 0.000000221. The number of piperidine rings is 2. The largest absolute Gasteiger partial charge is 0.444 e. The van der Waals surface area contributed by atoms with Crippen LogP contribution in [0.4, 0.5) is 44.7 Å². The molecule has 2 unspecified atom stereocenters. The lowest BCUT2D eigenvalue weighted by molar-refractivity contribution is -0.138. The van der Waals surface area contributed by atoms with Gasteiger partial charge in [0.1, 0.15) is 22.8 Å². The third-order valence-electron chi connectivity index (χ3n) is 14.0. The topological polar surface area (TPSA) is 113 Å². The molecule has 0 aliphatic carbocycles. The Hall–Kier alpha value is -6.28. The number of fused-ring (bicyclic) bond motifs is 2. The molecule has 8 rings (SSSR count). The van der Waals surface area contributed by atoms with E-state index in [0.29, 0.717) is 84.8 Å². The van der Waals surface area contributed by atoms with E-state index in [1.165, 1.54) is 35.1 Å². The van der Waals surface area contributed by atoms with Crippen LogP contribution in [0.3, 0.4) is 0 Å². The number of hydrogen-bond acceptors (Lipinski definition) is 8. The monoisotopic (exact) mass is 1070 g/mol. The van der Waals surface area contributed by atoms with Crippen molar-refractivity contribution >= 4 is 34.0 Å². The number of carbonyl (C=O) groups excluding carboxylic acids is 2. The van der Waals surface area contributed by atoms with Crippen LogP contribution in [0.15, 0.2) is 85.2 Å². The van der Waals surface area contributed by atoms with Crippen LogP contribution >= 0.6 is 0 Å². The Kier molecular flexibility index (Phi) is 16.6. The Labute approximate surface area is 437 Å². The zero-order valence-corrected chi connectivity index (χ0v) is 44.5. The van der Waals surface area contributed by atoms with Gasteiger partial charge in [-0.1, -0.05) is 24.3 Å². The summed E-state index contributed by atoms with van der Waals surface area (Å²) in [6.07, 6.45) is -6.16. The second-order valence-corrected chi connectivity index (χ2v) is 22.0. The van der Waals surface area contributed by atoms with Gasteiger partial charge in [0.05, 0.1) is 53.8 Å². The van der Waals surface area contributed by atoms with Gasteiger partial charge in [-0.05, 0) is 141 Å². The zero-order valence-electron chi connectivity index (χ0n) is 44.5. The predicted octanol–water partition coefficient (Wildman–Crippen LogP) is 13.6. The number of likely N-dealkylation sites (tertiary alicyclic amines) is 2. The van der Waals surface area contributed by atoms with Gasteiger partial charge in [0.15, 0.2) is 0 Å². The number of nitrogens with zero attached hydrogens (tertiary/aromatic N) is 6. The minimum Gasteiger partial charge on any atom is -0.444 e. The highest BCUT2D eigenvalue weighted by Gasteiger charge is 2.42. The van der Waals surface area contributed by atoms with E-state index in [0.717, 1.165) is 35.4 Å². The summed E-state index contributed by atoms with van der Waals surface area (Å²) in [5, 5.41) is 9.27. The van der Waals surface area contributed by atoms with E-state index in [4.69, 9.17) is 18.9 Å². The first-order valence-corrected chi connectivity index (χ1v) is 25.1. The Morgan fingerprint density at radius 1 is 0.605 bits per heavy atom. The van der Waals surface area contributed by atoms with Crippen LogP contribution < -0.4 is 0 Å². The summed E-state index contributed by atoms with van der Waals surface area (Å²) in [4.78, 5) is 28.5. The number of carbonyl (C=O) groups is 2. The van der Waals surface area contributed by atoms with Crippen molar-refractivity contribution in [3.8, 4) is 0 Å². The minimum atomic E-state index is -4.51. The summed E-state index contributed by atoms with van der Waals surface area (Å²) < 4.78 is 136. The number of benzene rings is 4. The molecule has 0 bridgehead atoms. The Morgan fingerprint density at radius 3 is 1.41 bits per heavy atom. The zero-order chi connectivity index (χ0) is 55.8. The molecular weight excluding hydrogens is 1000 g/mol. The molecule has 2 aliphatic rings. The van der Waals surface area contributed by atoms with Crippen LogP contribution in [0.2, 0.25) is 0 Å². The fourth-order valence-corrected chi connectivity index (χ4v) is 9.86. The molecular formula is C56H66F8N6O6. The van der Waals surface area contributed by atoms with Crippen molar-refractivity contribution in [2.45, 2.75) is 128 Å². The van der Waals surface area contributed by atoms with Gasteiger partial charge in [-0.3, -0.25) is 9.36 Å². The maximum Gasteiger partial charge on any atom is 0.416 e. The molecule has 0 saturated carbocycles. The highest BCUT2D eigenvalue weighted by atomic mass is 19.4. The van der Waals surface area contributed by atoms with Gasteiger partial charge in [0.2, 0.25) is 0 Å². The van der Waals surface area contributed by atoms with Gasteiger partial charge in [-0.25, -0.2) is 18.4 Å². The van der Waals surface area contributed by atoms with E-state index in [-0.39, 0.29) is 24.8 Å². The number of ether oxygens (including phenoxy) is 4. The third kappa shape index (κ3) is 13.6. The Morgan fingerprint density at radius 2 is 1.00 bits per heavy atom. The second-order valence-electron chi connectivity index (χ2n) is 22.0. The number of halogens is 8. The normalized spacial score (nSPS) is 17.0. The van der Waals surface area contributed by atoms with Gasteiger partial charge in [0, 0.05) is 79.2 Å². The van der Waals surface area contributed by atoms with E-state index >= 15 is 0 Å². The maximum atomic E-state index is 13.7. The van der Waals surface area contributed by atoms with E-state index in [1.54, 1.807) is 114 Å². The van der Waals surface area contributed by atoms with Gasteiger partial charge in [-0.2, -0.15) is 36.5 Å². The van der Waals surface area contributed by atoms with Crippen molar-refractivity contribution in [1.82, 2.24) is 29.4 Å². The number of aryl methyl sites for hydroxylation is 2. The Bertz CT molecular complexity index is 2960. The third-order valence-corrected chi connectivity index (χ3v) is 14.0. The van der Waals surface area contributed by atoms with Crippen molar-refractivity contribution in [2.24, 2.45) is 14.1 Å². The molecule has 2 saturated heterocycles. The number of amides is 2. The fourth-order valence-electron chi connectivity index (χ4n) is 9.86. The maximum absolute atomic E-state index is 13.7. The standard InChI is InChI=1S/2C28H33F4N3O3/c1-18(23-15-21(28(30,31)32)14-19-16-34(5)33-24(19)23)37-17-27(20-6-8-22(29)9-7-20)10-12-35(13-11-27)25(36)38-26(2,3)4;1-18(23-15-21(28(30,31)32)14-19-16-33-34(5)24(19)23)37-17-27(20-6-8-22(29)9-7-20)10-12-35(13-11-27)25(36)38-26(2,3)4/h2*6-9,14-16,18H,10-13,17H2,1-5H3.